The highest BCUT2D eigenvalue weighted by atomic mass is 32.2. The summed E-state index contributed by atoms with van der Waals surface area (Å²) in [4.78, 5) is 18.9. The van der Waals surface area contributed by atoms with Gasteiger partial charge in [-0.2, -0.15) is 0 Å². The van der Waals surface area contributed by atoms with Crippen LogP contribution in [0.25, 0.3) is 0 Å². The summed E-state index contributed by atoms with van der Waals surface area (Å²) in [5, 5.41) is 0.879. The van der Waals surface area contributed by atoms with E-state index < -0.39 is 0 Å². The fraction of sp³-hybridized carbons (Fsp3) is 0.474. The molecule has 2 aromatic rings. The number of nitrogens with zero attached hydrogens (tertiary/aromatic N) is 3. The first kappa shape index (κ1) is 19.5. The third kappa shape index (κ3) is 5.09. The first-order valence-corrected chi connectivity index (χ1v) is 9.36. The van der Waals surface area contributed by atoms with Gasteiger partial charge in [-0.25, -0.2) is 4.98 Å². The standard InChI is InChI=1S/C19H27N3O2S/c1-14-8-6-7-9-17(14)12-21(4)18(23)13-25-19-20-15(2)16(3)22(19)10-11-24-5/h6-9H,10-13H2,1-5H3. The van der Waals surface area contributed by atoms with Crippen molar-refractivity contribution in [3.63, 3.8) is 0 Å². The summed E-state index contributed by atoms with van der Waals surface area (Å²) in [6.45, 7) is 8.12. The van der Waals surface area contributed by atoms with Crippen molar-refractivity contribution in [2.75, 3.05) is 26.5 Å². The van der Waals surface area contributed by atoms with Crippen LogP contribution >= 0.6 is 11.8 Å². The Morgan fingerprint density at radius 3 is 2.68 bits per heavy atom. The van der Waals surface area contributed by atoms with Crippen molar-refractivity contribution in [1.82, 2.24) is 14.5 Å². The van der Waals surface area contributed by atoms with Crippen LogP contribution in [-0.4, -0.2) is 46.9 Å². The smallest absolute Gasteiger partial charge is 0.233 e. The Bertz CT molecular complexity index is 727. The molecule has 2 rings (SSSR count). The van der Waals surface area contributed by atoms with Gasteiger partial charge in [0.2, 0.25) is 5.91 Å². The van der Waals surface area contributed by atoms with Crippen LogP contribution in [0.1, 0.15) is 22.5 Å². The minimum Gasteiger partial charge on any atom is -0.383 e. The fourth-order valence-corrected chi connectivity index (χ4v) is 3.61. The van der Waals surface area contributed by atoms with E-state index in [1.807, 2.05) is 33.0 Å². The summed E-state index contributed by atoms with van der Waals surface area (Å²) in [6, 6.07) is 8.16. The Balaban J connectivity index is 1.97. The van der Waals surface area contributed by atoms with Gasteiger partial charge in [0.25, 0.3) is 0 Å². The summed E-state index contributed by atoms with van der Waals surface area (Å²) in [5.74, 6) is 0.482. The molecule has 1 heterocycles. The number of methoxy groups -OCH3 is 1. The van der Waals surface area contributed by atoms with E-state index in [-0.39, 0.29) is 5.91 Å². The number of aromatic nitrogens is 2. The van der Waals surface area contributed by atoms with E-state index in [0.717, 1.165) is 23.1 Å². The zero-order chi connectivity index (χ0) is 18.4. The SMILES string of the molecule is COCCn1c(SCC(=O)N(C)Cc2ccccc2C)nc(C)c1C. The van der Waals surface area contributed by atoms with Gasteiger partial charge in [-0.15, -0.1) is 0 Å². The first-order chi connectivity index (χ1) is 11.9. The van der Waals surface area contributed by atoms with E-state index in [9.17, 15) is 4.79 Å². The highest BCUT2D eigenvalue weighted by Gasteiger charge is 2.15. The molecule has 0 spiro atoms. The summed E-state index contributed by atoms with van der Waals surface area (Å²) in [7, 11) is 3.54. The van der Waals surface area contributed by atoms with E-state index in [1.54, 1.807) is 12.0 Å². The number of amides is 1. The number of hydrogen-bond donors (Lipinski definition) is 0. The van der Waals surface area contributed by atoms with Gasteiger partial charge in [0.05, 0.1) is 18.1 Å². The third-order valence-electron chi connectivity index (χ3n) is 4.36. The summed E-state index contributed by atoms with van der Waals surface area (Å²) in [6.07, 6.45) is 0. The second kappa shape index (κ2) is 9.06. The number of imidazole rings is 1. The molecule has 6 heteroatoms. The molecule has 5 nitrogen and oxygen atoms in total. The maximum absolute atomic E-state index is 12.5. The van der Waals surface area contributed by atoms with Crippen LogP contribution in [0.2, 0.25) is 0 Å². The molecule has 0 atom stereocenters. The lowest BCUT2D eigenvalue weighted by molar-refractivity contribution is -0.127. The topological polar surface area (TPSA) is 47.4 Å². The number of ether oxygens (including phenoxy) is 1. The minimum atomic E-state index is 0.102. The molecular weight excluding hydrogens is 334 g/mol. The lowest BCUT2D eigenvalue weighted by atomic mass is 10.1. The molecule has 0 bridgehead atoms. The molecule has 25 heavy (non-hydrogen) atoms. The van der Waals surface area contributed by atoms with Crippen molar-refractivity contribution in [3.8, 4) is 0 Å². The molecule has 1 aromatic heterocycles. The number of carbonyl (C=O) groups excluding carboxylic acids is 1. The number of aryl methyl sites for hydroxylation is 2. The molecular formula is C19H27N3O2S. The van der Waals surface area contributed by atoms with E-state index in [1.165, 1.54) is 22.9 Å². The largest absolute Gasteiger partial charge is 0.383 e. The highest BCUT2D eigenvalue weighted by Crippen LogP contribution is 2.22. The molecule has 0 aliphatic heterocycles. The van der Waals surface area contributed by atoms with Crippen molar-refractivity contribution in [2.24, 2.45) is 0 Å². The lowest BCUT2D eigenvalue weighted by Gasteiger charge is -2.18. The van der Waals surface area contributed by atoms with Gasteiger partial charge in [0, 0.05) is 32.9 Å². The molecule has 0 radical (unpaired) electrons. The van der Waals surface area contributed by atoms with E-state index in [2.05, 4.69) is 28.6 Å². The Morgan fingerprint density at radius 1 is 1.28 bits per heavy atom. The van der Waals surface area contributed by atoms with E-state index >= 15 is 0 Å². The molecule has 0 fully saturated rings. The van der Waals surface area contributed by atoms with Crippen molar-refractivity contribution in [1.29, 1.82) is 0 Å². The van der Waals surface area contributed by atoms with Crippen LogP contribution in [0, 0.1) is 20.8 Å². The Hall–Kier alpha value is -1.79. The van der Waals surface area contributed by atoms with Crippen molar-refractivity contribution in [3.05, 3.63) is 46.8 Å². The Morgan fingerprint density at radius 2 is 2.00 bits per heavy atom. The third-order valence-corrected chi connectivity index (χ3v) is 5.32. The number of thioether (sulfide) groups is 1. The molecule has 1 aromatic carbocycles. The van der Waals surface area contributed by atoms with Gasteiger partial charge in [-0.05, 0) is 31.9 Å². The quantitative estimate of drug-likeness (QED) is 0.678. The summed E-state index contributed by atoms with van der Waals surface area (Å²) in [5.41, 5.74) is 4.51. The Labute approximate surface area is 154 Å². The Kier molecular flexibility index (Phi) is 7.08. The molecule has 0 unspecified atom stereocenters. The second-order valence-corrected chi connectivity index (χ2v) is 7.12. The van der Waals surface area contributed by atoms with Crippen molar-refractivity contribution in [2.45, 2.75) is 39.0 Å². The molecule has 136 valence electrons. The first-order valence-electron chi connectivity index (χ1n) is 8.38. The molecule has 1 amide bonds. The molecule has 0 aliphatic rings. The van der Waals surface area contributed by atoms with Crippen LogP contribution in [0.5, 0.6) is 0 Å². The van der Waals surface area contributed by atoms with Gasteiger partial charge in [-0.3, -0.25) is 4.79 Å². The van der Waals surface area contributed by atoms with E-state index in [4.69, 9.17) is 4.74 Å². The maximum atomic E-state index is 12.5. The van der Waals surface area contributed by atoms with Gasteiger partial charge < -0.3 is 14.2 Å². The minimum absolute atomic E-state index is 0.102. The van der Waals surface area contributed by atoms with Crippen molar-refractivity contribution < 1.29 is 9.53 Å². The number of carbonyl (C=O) groups is 1. The molecule has 0 saturated carbocycles. The fourth-order valence-electron chi connectivity index (χ4n) is 2.55. The zero-order valence-corrected chi connectivity index (χ0v) is 16.5. The van der Waals surface area contributed by atoms with Crippen LogP contribution in [-0.2, 0) is 22.6 Å². The average molecular weight is 362 g/mol. The van der Waals surface area contributed by atoms with Gasteiger partial charge in [0.1, 0.15) is 0 Å². The average Bonchev–Trinajstić information content (AvgIpc) is 2.86. The maximum Gasteiger partial charge on any atom is 0.233 e. The van der Waals surface area contributed by atoms with E-state index in [0.29, 0.717) is 18.9 Å². The van der Waals surface area contributed by atoms with Crippen molar-refractivity contribution >= 4 is 17.7 Å². The highest BCUT2D eigenvalue weighted by molar-refractivity contribution is 7.99. The van der Waals surface area contributed by atoms with Gasteiger partial charge >= 0.3 is 0 Å². The second-order valence-electron chi connectivity index (χ2n) is 6.17. The van der Waals surface area contributed by atoms with Gasteiger partial charge in [0.15, 0.2) is 5.16 Å². The molecule has 0 N–H and O–H groups in total. The number of rotatable bonds is 8. The van der Waals surface area contributed by atoms with Crippen LogP contribution in [0.4, 0.5) is 0 Å². The van der Waals surface area contributed by atoms with Crippen LogP contribution < -0.4 is 0 Å². The van der Waals surface area contributed by atoms with Gasteiger partial charge in [-0.1, -0.05) is 36.0 Å². The lowest BCUT2D eigenvalue weighted by Crippen LogP contribution is -2.28. The predicted octanol–water partition coefficient (Wildman–Crippen LogP) is 3.21. The molecule has 0 aliphatic carbocycles. The summed E-state index contributed by atoms with van der Waals surface area (Å²) >= 11 is 1.49. The number of benzene rings is 1. The summed E-state index contributed by atoms with van der Waals surface area (Å²) < 4.78 is 7.30. The number of hydrogen-bond acceptors (Lipinski definition) is 4. The normalized spacial score (nSPS) is 10.9. The monoisotopic (exact) mass is 361 g/mol. The van der Waals surface area contributed by atoms with Crippen LogP contribution in [0.15, 0.2) is 29.4 Å². The predicted molar refractivity (Wildman–Crippen MR) is 102 cm³/mol. The molecule has 0 saturated heterocycles. The zero-order valence-electron chi connectivity index (χ0n) is 15.7. The van der Waals surface area contributed by atoms with Crippen LogP contribution in [0.3, 0.4) is 0 Å².